The number of hydrogen-bond donors (Lipinski definition) is 1. The Bertz CT molecular complexity index is 610. The van der Waals surface area contributed by atoms with Gasteiger partial charge in [0.25, 0.3) is 5.91 Å². The SMILES string of the molecule is COc1cc(C(=O)N2CCOCC2CC(=O)O)ccc1OC(F)F. The van der Waals surface area contributed by atoms with Gasteiger partial charge in [0.2, 0.25) is 0 Å². The normalized spacial score (nSPS) is 17.7. The van der Waals surface area contributed by atoms with Crippen molar-refractivity contribution in [2.24, 2.45) is 0 Å². The molecule has 0 aromatic heterocycles. The van der Waals surface area contributed by atoms with E-state index in [1.807, 2.05) is 0 Å². The number of carboxylic acid groups (broad SMARTS) is 1. The molecule has 9 heteroatoms. The van der Waals surface area contributed by atoms with Crippen molar-refractivity contribution in [3.05, 3.63) is 23.8 Å². The lowest BCUT2D eigenvalue weighted by Gasteiger charge is -2.35. The van der Waals surface area contributed by atoms with Crippen LogP contribution in [-0.2, 0) is 9.53 Å². The van der Waals surface area contributed by atoms with Gasteiger partial charge < -0.3 is 24.2 Å². The zero-order valence-electron chi connectivity index (χ0n) is 12.9. The molecule has 1 aromatic rings. The van der Waals surface area contributed by atoms with E-state index in [1.54, 1.807) is 0 Å². The second-order valence-corrected chi connectivity index (χ2v) is 5.07. The highest BCUT2D eigenvalue weighted by Crippen LogP contribution is 2.30. The molecule has 1 heterocycles. The molecule has 0 bridgehead atoms. The summed E-state index contributed by atoms with van der Waals surface area (Å²) in [5.41, 5.74) is 0.186. The number of aliphatic carboxylic acids is 1. The number of methoxy groups -OCH3 is 1. The van der Waals surface area contributed by atoms with Gasteiger partial charge in [-0.25, -0.2) is 0 Å². The summed E-state index contributed by atoms with van der Waals surface area (Å²) in [5, 5.41) is 8.94. The van der Waals surface area contributed by atoms with E-state index in [0.29, 0.717) is 6.61 Å². The summed E-state index contributed by atoms with van der Waals surface area (Å²) < 4.78 is 39.2. The van der Waals surface area contributed by atoms with Crippen LogP contribution in [-0.4, -0.2) is 61.4 Å². The number of benzene rings is 1. The minimum absolute atomic E-state index is 0.0100. The van der Waals surface area contributed by atoms with Gasteiger partial charge in [-0.3, -0.25) is 9.59 Å². The molecular weight excluding hydrogens is 328 g/mol. The van der Waals surface area contributed by atoms with Crippen LogP contribution in [0.1, 0.15) is 16.8 Å². The van der Waals surface area contributed by atoms with Crippen molar-refractivity contribution in [1.29, 1.82) is 0 Å². The Morgan fingerprint density at radius 1 is 1.42 bits per heavy atom. The van der Waals surface area contributed by atoms with Crippen molar-refractivity contribution in [2.75, 3.05) is 26.9 Å². The summed E-state index contributed by atoms with van der Waals surface area (Å²) in [6.07, 6.45) is -0.241. The predicted molar refractivity (Wildman–Crippen MR) is 77.5 cm³/mol. The number of nitrogens with zero attached hydrogens (tertiary/aromatic N) is 1. The van der Waals surface area contributed by atoms with Crippen molar-refractivity contribution in [3.8, 4) is 11.5 Å². The largest absolute Gasteiger partial charge is 0.493 e. The van der Waals surface area contributed by atoms with Crippen LogP contribution in [0, 0.1) is 0 Å². The van der Waals surface area contributed by atoms with Crippen LogP contribution < -0.4 is 9.47 Å². The Balaban J connectivity index is 2.22. The van der Waals surface area contributed by atoms with Gasteiger partial charge in [-0.05, 0) is 18.2 Å². The fourth-order valence-electron chi connectivity index (χ4n) is 2.45. The smallest absolute Gasteiger partial charge is 0.387 e. The zero-order chi connectivity index (χ0) is 17.7. The van der Waals surface area contributed by atoms with E-state index < -0.39 is 24.5 Å². The molecule has 2 rings (SSSR count). The van der Waals surface area contributed by atoms with E-state index in [9.17, 15) is 18.4 Å². The minimum Gasteiger partial charge on any atom is -0.493 e. The van der Waals surface area contributed by atoms with Gasteiger partial charge in [0.1, 0.15) is 0 Å². The van der Waals surface area contributed by atoms with E-state index in [2.05, 4.69) is 4.74 Å². The third kappa shape index (κ3) is 4.31. The number of carbonyl (C=O) groups excluding carboxylic acids is 1. The van der Waals surface area contributed by atoms with Crippen LogP contribution in [0.15, 0.2) is 18.2 Å². The number of halogens is 2. The first-order valence-electron chi connectivity index (χ1n) is 7.15. The highest BCUT2D eigenvalue weighted by atomic mass is 19.3. The van der Waals surface area contributed by atoms with Crippen molar-refractivity contribution in [3.63, 3.8) is 0 Å². The molecule has 24 heavy (non-hydrogen) atoms. The number of alkyl halides is 2. The van der Waals surface area contributed by atoms with Crippen molar-refractivity contribution in [1.82, 2.24) is 4.90 Å². The van der Waals surface area contributed by atoms with Crippen LogP contribution in [0.4, 0.5) is 8.78 Å². The average Bonchev–Trinajstić information content (AvgIpc) is 2.54. The summed E-state index contributed by atoms with van der Waals surface area (Å²) in [5.74, 6) is -1.66. The molecule has 0 radical (unpaired) electrons. The Labute approximate surface area is 136 Å². The molecule has 1 aromatic carbocycles. The quantitative estimate of drug-likeness (QED) is 0.843. The summed E-state index contributed by atoms with van der Waals surface area (Å²) >= 11 is 0. The van der Waals surface area contributed by atoms with Gasteiger partial charge in [0.15, 0.2) is 11.5 Å². The summed E-state index contributed by atoms with van der Waals surface area (Å²) in [6.45, 7) is -2.35. The maximum Gasteiger partial charge on any atom is 0.387 e. The third-order valence-corrected chi connectivity index (χ3v) is 3.53. The topological polar surface area (TPSA) is 85.3 Å². The molecular formula is C15H17F2NO6. The van der Waals surface area contributed by atoms with Crippen LogP contribution in [0.3, 0.4) is 0 Å². The number of morpholine rings is 1. The predicted octanol–water partition coefficient (Wildman–Crippen LogP) is 1.61. The van der Waals surface area contributed by atoms with Gasteiger partial charge in [0, 0.05) is 12.1 Å². The Hall–Kier alpha value is -2.42. The first-order chi connectivity index (χ1) is 11.4. The van der Waals surface area contributed by atoms with Crippen molar-refractivity contribution < 1.29 is 37.7 Å². The molecule has 1 N–H and O–H groups in total. The van der Waals surface area contributed by atoms with Gasteiger partial charge >= 0.3 is 12.6 Å². The number of ether oxygens (including phenoxy) is 3. The molecule has 7 nitrogen and oxygen atoms in total. The van der Waals surface area contributed by atoms with Crippen LogP contribution in [0.5, 0.6) is 11.5 Å². The van der Waals surface area contributed by atoms with Gasteiger partial charge in [-0.15, -0.1) is 0 Å². The maximum absolute atomic E-state index is 12.6. The second kappa shape index (κ2) is 7.91. The van der Waals surface area contributed by atoms with Crippen LogP contribution >= 0.6 is 0 Å². The summed E-state index contributed by atoms with van der Waals surface area (Å²) in [4.78, 5) is 24.9. The Morgan fingerprint density at radius 2 is 2.17 bits per heavy atom. The highest BCUT2D eigenvalue weighted by molar-refractivity contribution is 5.95. The molecule has 0 saturated carbocycles. The number of rotatable bonds is 6. The molecule has 1 amide bonds. The lowest BCUT2D eigenvalue weighted by molar-refractivity contribution is -0.139. The van der Waals surface area contributed by atoms with Crippen LogP contribution in [0.2, 0.25) is 0 Å². The van der Waals surface area contributed by atoms with Gasteiger partial charge in [0.05, 0.1) is 32.8 Å². The molecule has 1 saturated heterocycles. The molecule has 1 fully saturated rings. The van der Waals surface area contributed by atoms with E-state index >= 15 is 0 Å². The lowest BCUT2D eigenvalue weighted by atomic mass is 10.1. The molecule has 1 aliphatic rings. The molecule has 0 spiro atoms. The second-order valence-electron chi connectivity index (χ2n) is 5.07. The summed E-state index contributed by atoms with van der Waals surface area (Å²) in [7, 11) is 1.27. The lowest BCUT2D eigenvalue weighted by Crippen LogP contribution is -2.49. The molecule has 132 valence electrons. The number of hydrogen-bond acceptors (Lipinski definition) is 5. The number of amides is 1. The first-order valence-corrected chi connectivity index (χ1v) is 7.15. The number of carboxylic acids is 1. The van der Waals surface area contributed by atoms with Gasteiger partial charge in [-0.2, -0.15) is 8.78 Å². The third-order valence-electron chi connectivity index (χ3n) is 3.53. The van der Waals surface area contributed by atoms with Crippen molar-refractivity contribution in [2.45, 2.75) is 19.1 Å². The molecule has 1 unspecified atom stereocenters. The fourth-order valence-corrected chi connectivity index (χ4v) is 2.45. The van der Waals surface area contributed by atoms with E-state index in [1.165, 1.54) is 30.2 Å². The zero-order valence-corrected chi connectivity index (χ0v) is 12.9. The number of carbonyl (C=O) groups is 2. The standard InChI is InChI=1S/C15H17F2NO6/c1-22-12-6-9(2-3-11(12)24-15(16)17)14(21)18-4-5-23-8-10(18)7-13(19)20/h2-3,6,10,15H,4-5,7-8H2,1H3,(H,19,20). The van der Waals surface area contributed by atoms with E-state index in [-0.39, 0.29) is 36.6 Å². The fraction of sp³-hybridized carbons (Fsp3) is 0.467. The van der Waals surface area contributed by atoms with Crippen LogP contribution in [0.25, 0.3) is 0 Å². The van der Waals surface area contributed by atoms with E-state index in [4.69, 9.17) is 14.6 Å². The van der Waals surface area contributed by atoms with Crippen molar-refractivity contribution >= 4 is 11.9 Å². The van der Waals surface area contributed by atoms with E-state index in [0.717, 1.165) is 0 Å². The highest BCUT2D eigenvalue weighted by Gasteiger charge is 2.30. The first kappa shape index (κ1) is 17.9. The van der Waals surface area contributed by atoms with Gasteiger partial charge in [-0.1, -0.05) is 0 Å². The Kier molecular flexibility index (Phi) is 5.91. The minimum atomic E-state index is -3.01. The summed E-state index contributed by atoms with van der Waals surface area (Å²) in [6, 6.07) is 3.24. The maximum atomic E-state index is 12.6. The molecule has 1 aliphatic heterocycles. The molecule has 0 aliphatic carbocycles. The Morgan fingerprint density at radius 3 is 2.79 bits per heavy atom. The monoisotopic (exact) mass is 345 g/mol. The molecule has 1 atom stereocenters. The average molecular weight is 345 g/mol.